The lowest BCUT2D eigenvalue weighted by Gasteiger charge is -2.10. The number of carbonyl (C=O) groups is 1. The number of nitrogens with zero attached hydrogens (tertiary/aromatic N) is 1. The molecule has 32 heavy (non-hydrogen) atoms. The van der Waals surface area contributed by atoms with Gasteiger partial charge in [0.2, 0.25) is 0 Å². The molecule has 3 aromatic carbocycles. The van der Waals surface area contributed by atoms with Gasteiger partial charge in [-0.25, -0.2) is 0 Å². The van der Waals surface area contributed by atoms with Crippen LogP contribution in [0.4, 0.5) is 5.69 Å². The van der Waals surface area contributed by atoms with E-state index in [-0.39, 0.29) is 5.57 Å². The molecule has 5 nitrogen and oxygen atoms in total. The lowest BCUT2D eigenvalue weighted by atomic mass is 10.1. The van der Waals surface area contributed by atoms with E-state index in [1.165, 1.54) is 11.1 Å². The van der Waals surface area contributed by atoms with Gasteiger partial charge in [0.15, 0.2) is 0 Å². The third-order valence-corrected chi connectivity index (χ3v) is 4.94. The van der Waals surface area contributed by atoms with E-state index in [0.717, 1.165) is 11.3 Å². The Morgan fingerprint density at radius 3 is 2.25 bits per heavy atom. The van der Waals surface area contributed by atoms with Gasteiger partial charge in [0.25, 0.3) is 5.91 Å². The molecule has 5 heteroatoms. The molecule has 0 saturated heterocycles. The maximum Gasteiger partial charge on any atom is 0.266 e. The number of anilines is 1. The molecule has 3 aromatic rings. The van der Waals surface area contributed by atoms with Crippen LogP contribution in [-0.2, 0) is 4.79 Å². The van der Waals surface area contributed by atoms with Crippen LogP contribution in [0, 0.1) is 32.1 Å². The highest BCUT2D eigenvalue weighted by Crippen LogP contribution is 2.18. The van der Waals surface area contributed by atoms with Crippen molar-refractivity contribution in [1.82, 2.24) is 0 Å². The number of rotatable bonds is 8. The van der Waals surface area contributed by atoms with Crippen molar-refractivity contribution in [3.8, 4) is 17.6 Å². The zero-order chi connectivity index (χ0) is 22.9. The molecule has 162 valence electrons. The minimum atomic E-state index is -0.454. The second-order valence-electron chi connectivity index (χ2n) is 7.51. The molecule has 0 aliphatic rings. The van der Waals surface area contributed by atoms with E-state index in [4.69, 9.17) is 9.47 Å². The van der Waals surface area contributed by atoms with Crippen molar-refractivity contribution in [1.29, 1.82) is 5.26 Å². The summed E-state index contributed by atoms with van der Waals surface area (Å²) < 4.78 is 11.5. The summed E-state index contributed by atoms with van der Waals surface area (Å²) in [5.41, 5.74) is 4.86. The van der Waals surface area contributed by atoms with Gasteiger partial charge in [-0.05, 0) is 79.9 Å². The Morgan fingerprint density at radius 1 is 0.906 bits per heavy atom. The lowest BCUT2D eigenvalue weighted by molar-refractivity contribution is -0.112. The summed E-state index contributed by atoms with van der Waals surface area (Å²) in [7, 11) is 0. The second kappa shape index (κ2) is 10.8. The lowest BCUT2D eigenvalue weighted by Crippen LogP contribution is -2.13. The van der Waals surface area contributed by atoms with Gasteiger partial charge in [0, 0.05) is 5.69 Å². The average molecular weight is 427 g/mol. The molecule has 0 spiro atoms. The van der Waals surface area contributed by atoms with Crippen LogP contribution in [0.3, 0.4) is 0 Å². The third-order valence-electron chi connectivity index (χ3n) is 4.94. The molecule has 0 atom stereocenters. The molecule has 0 bridgehead atoms. The Bertz CT molecular complexity index is 1160. The first-order valence-corrected chi connectivity index (χ1v) is 10.4. The molecule has 0 radical (unpaired) electrons. The number of aryl methyl sites for hydroxylation is 3. The van der Waals surface area contributed by atoms with E-state index in [1.807, 2.05) is 68.4 Å². The molecule has 1 N–H and O–H groups in total. The summed E-state index contributed by atoms with van der Waals surface area (Å²) in [6.07, 6.45) is 1.54. The summed E-state index contributed by atoms with van der Waals surface area (Å²) in [6, 6.07) is 22.6. The highest BCUT2D eigenvalue weighted by Gasteiger charge is 2.10. The molecular formula is C27H26N2O3. The van der Waals surface area contributed by atoms with E-state index in [2.05, 4.69) is 12.2 Å². The predicted octanol–water partition coefficient (Wildman–Crippen LogP) is 5.62. The van der Waals surface area contributed by atoms with E-state index >= 15 is 0 Å². The van der Waals surface area contributed by atoms with Crippen LogP contribution in [0.15, 0.2) is 72.3 Å². The van der Waals surface area contributed by atoms with Crippen molar-refractivity contribution in [2.24, 2.45) is 0 Å². The fraction of sp³-hybridized carbons (Fsp3) is 0.185. The Hall–Kier alpha value is -4.04. The van der Waals surface area contributed by atoms with Crippen molar-refractivity contribution in [3.05, 3.63) is 94.6 Å². The Balaban J connectivity index is 1.58. The van der Waals surface area contributed by atoms with Gasteiger partial charge in [-0.15, -0.1) is 0 Å². The Labute approximate surface area is 188 Å². The van der Waals surface area contributed by atoms with Crippen molar-refractivity contribution >= 4 is 17.7 Å². The number of nitriles is 1. The smallest absolute Gasteiger partial charge is 0.266 e. The summed E-state index contributed by atoms with van der Waals surface area (Å²) >= 11 is 0. The SMILES string of the molecule is Cc1ccc(NC(=O)C(C#N)=Cc2cccc(OCCOc3ccc(C)c(C)c3)c2)cc1. The van der Waals surface area contributed by atoms with E-state index in [1.54, 1.807) is 24.3 Å². The fourth-order valence-corrected chi connectivity index (χ4v) is 2.97. The molecule has 0 aliphatic heterocycles. The highest BCUT2D eigenvalue weighted by atomic mass is 16.5. The number of amides is 1. The van der Waals surface area contributed by atoms with Crippen molar-refractivity contribution < 1.29 is 14.3 Å². The van der Waals surface area contributed by atoms with Gasteiger partial charge in [0.05, 0.1) is 0 Å². The van der Waals surface area contributed by atoms with Crippen LogP contribution in [0.1, 0.15) is 22.3 Å². The molecule has 0 aliphatic carbocycles. The van der Waals surface area contributed by atoms with Crippen molar-refractivity contribution in [3.63, 3.8) is 0 Å². The predicted molar refractivity (Wildman–Crippen MR) is 127 cm³/mol. The maximum absolute atomic E-state index is 12.5. The Morgan fingerprint density at radius 2 is 1.59 bits per heavy atom. The first-order valence-electron chi connectivity index (χ1n) is 10.4. The molecule has 0 saturated carbocycles. The van der Waals surface area contributed by atoms with Gasteiger partial charge in [0.1, 0.15) is 36.4 Å². The zero-order valence-electron chi connectivity index (χ0n) is 18.5. The molecular weight excluding hydrogens is 400 g/mol. The largest absolute Gasteiger partial charge is 0.490 e. The summed E-state index contributed by atoms with van der Waals surface area (Å²) in [5, 5.41) is 12.2. The average Bonchev–Trinajstić information content (AvgIpc) is 2.79. The number of nitrogens with one attached hydrogen (secondary N) is 1. The standard InChI is InChI=1S/C27H26N2O3/c1-19-7-10-24(11-8-19)29-27(30)23(18-28)16-22-5-4-6-25(17-22)31-13-14-32-26-12-9-20(2)21(3)15-26/h4-12,15-17H,13-14H2,1-3H3,(H,29,30). The fourth-order valence-electron chi connectivity index (χ4n) is 2.97. The number of carbonyl (C=O) groups excluding carboxylic acids is 1. The molecule has 0 heterocycles. The van der Waals surface area contributed by atoms with Gasteiger partial charge in [-0.3, -0.25) is 4.79 Å². The van der Waals surface area contributed by atoms with E-state index in [9.17, 15) is 10.1 Å². The van der Waals surface area contributed by atoms with Gasteiger partial charge in [-0.2, -0.15) is 5.26 Å². The zero-order valence-corrected chi connectivity index (χ0v) is 18.5. The molecule has 3 rings (SSSR count). The van der Waals surface area contributed by atoms with Crippen molar-refractivity contribution in [2.75, 3.05) is 18.5 Å². The molecule has 0 fully saturated rings. The van der Waals surface area contributed by atoms with E-state index in [0.29, 0.717) is 30.2 Å². The second-order valence-corrected chi connectivity index (χ2v) is 7.51. The number of hydrogen-bond donors (Lipinski definition) is 1. The van der Waals surface area contributed by atoms with E-state index < -0.39 is 5.91 Å². The minimum Gasteiger partial charge on any atom is -0.490 e. The quantitative estimate of drug-likeness (QED) is 0.288. The maximum atomic E-state index is 12.5. The van der Waals surface area contributed by atoms with Crippen LogP contribution in [-0.4, -0.2) is 19.1 Å². The first-order chi connectivity index (χ1) is 15.4. The minimum absolute atomic E-state index is 0.0146. The summed E-state index contributed by atoms with van der Waals surface area (Å²) in [6.45, 7) is 6.86. The van der Waals surface area contributed by atoms with Crippen LogP contribution in [0.25, 0.3) is 6.08 Å². The summed E-state index contributed by atoms with van der Waals surface area (Å²) in [4.78, 5) is 12.5. The Kier molecular flexibility index (Phi) is 7.66. The van der Waals surface area contributed by atoms with Gasteiger partial charge < -0.3 is 14.8 Å². The number of ether oxygens (including phenoxy) is 2. The van der Waals surface area contributed by atoms with Crippen LogP contribution in [0.2, 0.25) is 0 Å². The van der Waals surface area contributed by atoms with Crippen LogP contribution < -0.4 is 14.8 Å². The topological polar surface area (TPSA) is 71.4 Å². The molecule has 0 unspecified atom stereocenters. The third kappa shape index (κ3) is 6.48. The number of benzene rings is 3. The number of hydrogen-bond acceptors (Lipinski definition) is 4. The van der Waals surface area contributed by atoms with Gasteiger partial charge >= 0.3 is 0 Å². The molecule has 1 amide bonds. The van der Waals surface area contributed by atoms with Gasteiger partial charge in [-0.1, -0.05) is 35.9 Å². The van der Waals surface area contributed by atoms with Crippen molar-refractivity contribution in [2.45, 2.75) is 20.8 Å². The summed E-state index contributed by atoms with van der Waals surface area (Å²) in [5.74, 6) is 0.995. The van der Waals surface area contributed by atoms with Crippen LogP contribution in [0.5, 0.6) is 11.5 Å². The highest BCUT2D eigenvalue weighted by molar-refractivity contribution is 6.09. The normalized spacial score (nSPS) is 10.9. The molecule has 0 aromatic heterocycles. The first kappa shape index (κ1) is 22.6. The van der Waals surface area contributed by atoms with Crippen LogP contribution >= 0.6 is 0 Å². The monoisotopic (exact) mass is 426 g/mol.